The lowest BCUT2D eigenvalue weighted by Gasteiger charge is -2.29. The molecule has 0 aliphatic carbocycles. The molecule has 0 saturated carbocycles. The van der Waals surface area contributed by atoms with Gasteiger partial charge in [-0.1, -0.05) is 12.1 Å². The molecule has 0 aromatic heterocycles. The van der Waals surface area contributed by atoms with Crippen LogP contribution in [-0.2, 0) is 0 Å². The number of nitrogens with zero attached hydrogens (tertiary/aromatic N) is 2. The minimum absolute atomic E-state index is 0.0967. The molecule has 94 valence electrons. The minimum Gasteiger partial charge on any atom is -0.339 e. The van der Waals surface area contributed by atoms with E-state index in [1.54, 1.807) is 0 Å². The van der Waals surface area contributed by atoms with E-state index in [9.17, 15) is 4.79 Å². The topological polar surface area (TPSA) is 44.1 Å². The van der Waals surface area contributed by atoms with Gasteiger partial charge in [-0.25, -0.2) is 0 Å². The van der Waals surface area contributed by atoms with Gasteiger partial charge in [0, 0.05) is 22.6 Å². The maximum atomic E-state index is 12.4. The number of carbonyl (C=O) groups is 1. The molecule has 1 saturated heterocycles. The zero-order valence-electron chi connectivity index (χ0n) is 10.3. The van der Waals surface area contributed by atoms with Crippen LogP contribution in [0.5, 0.6) is 0 Å². The smallest absolute Gasteiger partial charge is 0.254 e. The van der Waals surface area contributed by atoms with Gasteiger partial charge in [-0.3, -0.25) is 4.79 Å². The first-order chi connectivity index (χ1) is 8.63. The number of nitriles is 1. The molecule has 1 amide bonds. The predicted octanol–water partition coefficient (Wildman–Crippen LogP) is 2.98. The standard InChI is InChI=1S/C14H15IN2O/c1-10-3-2-4-12(13(10)15)14(18)17-7-5-11(9-16)6-8-17/h2-4,11H,5-8H2,1H3. The van der Waals surface area contributed by atoms with Crippen molar-refractivity contribution in [1.82, 2.24) is 4.90 Å². The first-order valence-electron chi connectivity index (χ1n) is 6.07. The molecule has 0 atom stereocenters. The second-order valence-electron chi connectivity index (χ2n) is 4.63. The Balaban J connectivity index is 2.13. The Morgan fingerprint density at radius 2 is 2.11 bits per heavy atom. The van der Waals surface area contributed by atoms with E-state index < -0.39 is 0 Å². The molecule has 18 heavy (non-hydrogen) atoms. The van der Waals surface area contributed by atoms with Crippen molar-refractivity contribution in [2.45, 2.75) is 19.8 Å². The molecule has 0 radical (unpaired) electrons. The SMILES string of the molecule is Cc1cccc(C(=O)N2CCC(C#N)CC2)c1I. The van der Waals surface area contributed by atoms with Gasteiger partial charge in [0.25, 0.3) is 5.91 Å². The van der Waals surface area contributed by atoms with Crippen LogP contribution in [0, 0.1) is 27.7 Å². The Labute approximate surface area is 121 Å². The summed E-state index contributed by atoms with van der Waals surface area (Å²) < 4.78 is 1.03. The van der Waals surface area contributed by atoms with E-state index in [1.165, 1.54) is 0 Å². The Morgan fingerprint density at radius 3 is 2.72 bits per heavy atom. The summed E-state index contributed by atoms with van der Waals surface area (Å²) in [6.07, 6.45) is 1.59. The third kappa shape index (κ3) is 2.66. The fraction of sp³-hybridized carbons (Fsp3) is 0.429. The molecule has 1 aliphatic rings. The number of aryl methyl sites for hydroxylation is 1. The fourth-order valence-corrected chi connectivity index (χ4v) is 2.78. The van der Waals surface area contributed by atoms with E-state index in [2.05, 4.69) is 28.7 Å². The van der Waals surface area contributed by atoms with E-state index in [1.807, 2.05) is 30.0 Å². The van der Waals surface area contributed by atoms with Crippen LogP contribution in [0.15, 0.2) is 18.2 Å². The summed E-state index contributed by atoms with van der Waals surface area (Å²) in [6.45, 7) is 3.41. The minimum atomic E-state index is 0.0967. The maximum absolute atomic E-state index is 12.4. The summed E-state index contributed by atoms with van der Waals surface area (Å²) in [6, 6.07) is 8.10. The van der Waals surface area contributed by atoms with Gasteiger partial charge in [0.05, 0.1) is 11.6 Å². The van der Waals surface area contributed by atoms with Crippen LogP contribution in [0.3, 0.4) is 0 Å². The van der Waals surface area contributed by atoms with Crippen molar-refractivity contribution < 1.29 is 4.79 Å². The van der Waals surface area contributed by atoms with Gasteiger partial charge in [-0.15, -0.1) is 0 Å². The quantitative estimate of drug-likeness (QED) is 0.728. The van der Waals surface area contributed by atoms with Crippen molar-refractivity contribution in [2.24, 2.45) is 5.92 Å². The normalized spacial score (nSPS) is 16.4. The lowest BCUT2D eigenvalue weighted by Crippen LogP contribution is -2.38. The van der Waals surface area contributed by atoms with Gasteiger partial charge in [0.1, 0.15) is 0 Å². The lowest BCUT2D eigenvalue weighted by atomic mass is 9.98. The average Bonchev–Trinajstić information content (AvgIpc) is 2.41. The number of halogens is 1. The van der Waals surface area contributed by atoms with E-state index in [4.69, 9.17) is 5.26 Å². The number of hydrogen-bond donors (Lipinski definition) is 0. The molecule has 1 aromatic rings. The molecular formula is C14H15IN2O. The maximum Gasteiger partial charge on any atom is 0.254 e. The highest BCUT2D eigenvalue weighted by Gasteiger charge is 2.24. The third-order valence-electron chi connectivity index (χ3n) is 3.39. The first kappa shape index (κ1) is 13.3. The van der Waals surface area contributed by atoms with Crippen LogP contribution in [0.25, 0.3) is 0 Å². The van der Waals surface area contributed by atoms with Gasteiger partial charge >= 0.3 is 0 Å². The van der Waals surface area contributed by atoms with Crippen LogP contribution >= 0.6 is 22.6 Å². The lowest BCUT2D eigenvalue weighted by molar-refractivity contribution is 0.0706. The van der Waals surface area contributed by atoms with Crippen molar-refractivity contribution >= 4 is 28.5 Å². The number of hydrogen-bond acceptors (Lipinski definition) is 2. The van der Waals surface area contributed by atoms with Gasteiger partial charge in [0.15, 0.2) is 0 Å². The number of amides is 1. The summed E-state index contributed by atoms with van der Waals surface area (Å²) in [5.41, 5.74) is 1.92. The highest BCUT2D eigenvalue weighted by atomic mass is 127. The van der Waals surface area contributed by atoms with Crippen LogP contribution in [0.4, 0.5) is 0 Å². The Hall–Kier alpha value is -1.09. The molecule has 1 heterocycles. The predicted molar refractivity (Wildman–Crippen MR) is 78.1 cm³/mol. The highest BCUT2D eigenvalue weighted by Crippen LogP contribution is 2.22. The Morgan fingerprint density at radius 1 is 1.44 bits per heavy atom. The summed E-state index contributed by atoms with van der Waals surface area (Å²) in [7, 11) is 0. The molecule has 0 spiro atoms. The number of carbonyl (C=O) groups excluding carboxylic acids is 1. The second kappa shape index (κ2) is 5.70. The second-order valence-corrected chi connectivity index (χ2v) is 5.71. The Kier molecular flexibility index (Phi) is 4.23. The fourth-order valence-electron chi connectivity index (χ4n) is 2.19. The summed E-state index contributed by atoms with van der Waals surface area (Å²) in [5, 5.41) is 8.86. The third-order valence-corrected chi connectivity index (χ3v) is 4.82. The number of benzene rings is 1. The molecule has 2 rings (SSSR count). The summed E-state index contributed by atoms with van der Waals surface area (Å²) in [4.78, 5) is 14.3. The van der Waals surface area contributed by atoms with Crippen molar-refractivity contribution in [3.63, 3.8) is 0 Å². The summed E-state index contributed by atoms with van der Waals surface area (Å²) >= 11 is 2.23. The molecule has 0 N–H and O–H groups in total. The van der Waals surface area contributed by atoms with E-state index in [0.717, 1.165) is 27.5 Å². The van der Waals surface area contributed by atoms with Gasteiger partial charge < -0.3 is 4.90 Å². The average molecular weight is 354 g/mol. The number of rotatable bonds is 1. The van der Waals surface area contributed by atoms with Crippen molar-refractivity contribution in [3.05, 3.63) is 32.9 Å². The largest absolute Gasteiger partial charge is 0.339 e. The summed E-state index contributed by atoms with van der Waals surface area (Å²) in [5.74, 6) is 0.213. The molecule has 0 bridgehead atoms. The molecular weight excluding hydrogens is 339 g/mol. The van der Waals surface area contributed by atoms with Crippen LogP contribution in [0.1, 0.15) is 28.8 Å². The number of piperidine rings is 1. The molecule has 0 unspecified atom stereocenters. The number of likely N-dealkylation sites (tertiary alicyclic amines) is 1. The monoisotopic (exact) mass is 354 g/mol. The van der Waals surface area contributed by atoms with Crippen LogP contribution in [0.2, 0.25) is 0 Å². The molecule has 1 aromatic carbocycles. The zero-order chi connectivity index (χ0) is 13.1. The van der Waals surface area contributed by atoms with Gasteiger partial charge in [-0.05, 0) is 54.0 Å². The zero-order valence-corrected chi connectivity index (χ0v) is 12.5. The van der Waals surface area contributed by atoms with E-state index >= 15 is 0 Å². The molecule has 1 aliphatic heterocycles. The molecule has 4 heteroatoms. The van der Waals surface area contributed by atoms with E-state index in [0.29, 0.717) is 13.1 Å². The van der Waals surface area contributed by atoms with Crippen molar-refractivity contribution in [2.75, 3.05) is 13.1 Å². The molecule has 1 fully saturated rings. The van der Waals surface area contributed by atoms with E-state index in [-0.39, 0.29) is 11.8 Å². The van der Waals surface area contributed by atoms with Crippen LogP contribution < -0.4 is 0 Å². The Bertz CT molecular complexity index is 499. The molecule has 3 nitrogen and oxygen atoms in total. The van der Waals surface area contributed by atoms with Gasteiger partial charge in [-0.2, -0.15) is 5.26 Å². The van der Waals surface area contributed by atoms with Crippen molar-refractivity contribution in [1.29, 1.82) is 5.26 Å². The van der Waals surface area contributed by atoms with Crippen LogP contribution in [-0.4, -0.2) is 23.9 Å². The van der Waals surface area contributed by atoms with Gasteiger partial charge in [0.2, 0.25) is 0 Å². The van der Waals surface area contributed by atoms with Crippen molar-refractivity contribution in [3.8, 4) is 6.07 Å². The first-order valence-corrected chi connectivity index (χ1v) is 7.15. The highest BCUT2D eigenvalue weighted by molar-refractivity contribution is 14.1.